The average molecular weight is 922 g/mol. The number of nitrogens with zero attached hydrogens (tertiary/aromatic N) is 1. The first-order chi connectivity index (χ1) is 34.1. The quantitative estimate of drug-likeness (QED) is 0.0634. The van der Waals surface area contributed by atoms with E-state index in [1.807, 2.05) is 18.2 Å². The zero-order chi connectivity index (χ0) is 48.4. The number of rotatable bonds is 18. The molecule has 1 aliphatic heterocycles. The Labute approximate surface area is 414 Å². The van der Waals surface area contributed by atoms with Crippen LogP contribution in [0.25, 0.3) is 55.3 Å². The van der Waals surface area contributed by atoms with Gasteiger partial charge in [0.25, 0.3) is 0 Å². The molecular formula is C65H63NO4. The Hall–Kier alpha value is -7.50. The fourth-order valence-electron chi connectivity index (χ4n) is 10.2. The molecule has 8 aromatic rings. The van der Waals surface area contributed by atoms with E-state index in [1.165, 1.54) is 51.8 Å². The molecular weight excluding hydrogens is 859 g/mol. The molecule has 0 spiro atoms. The summed E-state index contributed by atoms with van der Waals surface area (Å²) in [5, 5.41) is 1.98. The summed E-state index contributed by atoms with van der Waals surface area (Å²) in [5.74, 6) is 3.21. The van der Waals surface area contributed by atoms with Gasteiger partial charge in [-0.3, -0.25) is 0 Å². The van der Waals surface area contributed by atoms with Gasteiger partial charge in [-0.2, -0.15) is 0 Å². The second-order valence-corrected chi connectivity index (χ2v) is 19.4. The zero-order valence-electron chi connectivity index (χ0n) is 41.4. The molecule has 7 aromatic carbocycles. The lowest BCUT2D eigenvalue weighted by Crippen LogP contribution is -2.16. The summed E-state index contributed by atoms with van der Waals surface area (Å²) < 4.78 is 26.8. The summed E-state index contributed by atoms with van der Waals surface area (Å²) in [6.45, 7) is 20.0. The van der Waals surface area contributed by atoms with Crippen LogP contribution in [0.15, 0.2) is 175 Å². The molecule has 0 N–H and O–H groups in total. The van der Waals surface area contributed by atoms with Gasteiger partial charge in [-0.05, 0) is 169 Å². The Morgan fingerprint density at radius 3 is 1.86 bits per heavy atom. The Morgan fingerprint density at radius 1 is 0.586 bits per heavy atom. The molecule has 0 atom stereocenters. The molecule has 0 amide bonds. The van der Waals surface area contributed by atoms with Crippen LogP contribution in [0.2, 0.25) is 0 Å². The van der Waals surface area contributed by atoms with Gasteiger partial charge in [0.05, 0.1) is 24.6 Å². The first-order valence-electron chi connectivity index (χ1n) is 25.1. The Balaban J connectivity index is 1.04. The number of benzene rings is 7. The molecule has 2 aliphatic rings. The van der Waals surface area contributed by atoms with E-state index < -0.39 is 0 Å². The third-order valence-electron chi connectivity index (χ3n) is 14.1. The number of aryl methyl sites for hydroxylation is 3. The van der Waals surface area contributed by atoms with Gasteiger partial charge in [-0.15, -0.1) is 0 Å². The van der Waals surface area contributed by atoms with Crippen LogP contribution < -0.4 is 19.1 Å². The topological polar surface area (TPSA) is 44.1 Å². The van der Waals surface area contributed by atoms with Crippen molar-refractivity contribution < 1.29 is 18.6 Å². The van der Waals surface area contributed by atoms with Crippen LogP contribution in [-0.2, 0) is 11.8 Å². The van der Waals surface area contributed by atoms with Crippen LogP contribution >= 0.6 is 0 Å². The lowest BCUT2D eigenvalue weighted by atomic mass is 9.81. The number of hydrogen-bond acceptors (Lipinski definition) is 5. The lowest BCUT2D eigenvalue weighted by molar-refractivity contribution is 0.310. The summed E-state index contributed by atoms with van der Waals surface area (Å²) in [6, 6.07) is 44.5. The number of hydrogen-bond donors (Lipinski definition) is 0. The second kappa shape index (κ2) is 19.8. The van der Waals surface area contributed by atoms with E-state index in [2.05, 4.69) is 186 Å². The highest BCUT2D eigenvalue weighted by atomic mass is 16.5. The van der Waals surface area contributed by atoms with Gasteiger partial charge in [0.1, 0.15) is 22.7 Å². The van der Waals surface area contributed by atoms with E-state index in [9.17, 15) is 0 Å². The largest absolute Gasteiger partial charge is 0.493 e. The maximum atomic E-state index is 7.08. The van der Waals surface area contributed by atoms with E-state index in [-0.39, 0.29) is 5.41 Å². The van der Waals surface area contributed by atoms with Crippen LogP contribution in [0.1, 0.15) is 87.1 Å². The minimum Gasteiger partial charge on any atom is -0.493 e. The van der Waals surface area contributed by atoms with Crippen molar-refractivity contribution in [2.45, 2.75) is 85.0 Å². The maximum absolute atomic E-state index is 7.08. The third-order valence-corrected chi connectivity index (χ3v) is 14.1. The van der Waals surface area contributed by atoms with Crippen LogP contribution in [0, 0.1) is 13.8 Å². The normalized spacial score (nSPS) is 13.4. The summed E-state index contributed by atoms with van der Waals surface area (Å²) in [4.78, 5) is 2.34. The van der Waals surface area contributed by atoms with Gasteiger partial charge in [0.2, 0.25) is 0 Å². The minimum atomic E-state index is -0.108. The standard InChI is InChI=1S/C65H63NO4/c1-8-11-14-16-18-33-67-59-41-53-54-42-60(68-34-19-17-15-12-9-2)52(40-62(54)69-61(53)36-44(59)5)48-26-32-58-64(39-48)70-63-38-47(25-31-57(63)66(58)49-27-22-45(23-28-49)20-13-10-3)46-24-30-51-50-29-21-43(4)35-55(50)65(6,7)56(51)37-46/h8-9,11-12,14-15,21-32,35-42H,1-2,10,13,16-20,33-34H2,3-7H3/b14-11+,15-12+. The van der Waals surface area contributed by atoms with Crippen molar-refractivity contribution in [3.8, 4) is 56.4 Å². The van der Waals surface area contributed by atoms with E-state index in [0.29, 0.717) is 13.2 Å². The Bertz CT molecular complexity index is 3330. The van der Waals surface area contributed by atoms with Crippen LogP contribution in [0.5, 0.6) is 23.0 Å². The van der Waals surface area contributed by atoms with E-state index in [4.69, 9.17) is 18.6 Å². The number of allylic oxidation sites excluding steroid dienone is 6. The highest BCUT2D eigenvalue weighted by Gasteiger charge is 2.36. The molecule has 352 valence electrons. The average Bonchev–Trinajstić information content (AvgIpc) is 3.82. The number of unbranched alkanes of at least 4 members (excludes halogenated alkanes) is 3. The minimum absolute atomic E-state index is 0.108. The van der Waals surface area contributed by atoms with Crippen molar-refractivity contribution in [2.75, 3.05) is 18.1 Å². The summed E-state index contributed by atoms with van der Waals surface area (Å²) >= 11 is 0. The fourth-order valence-corrected chi connectivity index (χ4v) is 10.2. The predicted molar refractivity (Wildman–Crippen MR) is 293 cm³/mol. The van der Waals surface area contributed by atoms with E-state index in [1.54, 1.807) is 6.08 Å². The molecule has 2 heterocycles. The number of fused-ring (bicyclic) bond motifs is 8. The van der Waals surface area contributed by atoms with Gasteiger partial charge in [-0.1, -0.05) is 137 Å². The molecule has 0 bridgehead atoms. The monoisotopic (exact) mass is 921 g/mol. The van der Waals surface area contributed by atoms with Gasteiger partial charge in [0, 0.05) is 27.4 Å². The summed E-state index contributed by atoms with van der Waals surface area (Å²) in [7, 11) is 0. The number of anilines is 3. The predicted octanol–water partition coefficient (Wildman–Crippen LogP) is 18.6. The molecule has 0 saturated heterocycles. The maximum Gasteiger partial charge on any atom is 0.152 e. The molecule has 5 nitrogen and oxygen atoms in total. The van der Waals surface area contributed by atoms with E-state index >= 15 is 0 Å². The Kier molecular flexibility index (Phi) is 13.1. The number of ether oxygens (including phenoxy) is 3. The summed E-state index contributed by atoms with van der Waals surface area (Å²) in [5.41, 5.74) is 17.8. The molecule has 10 rings (SSSR count). The first kappa shape index (κ1) is 46.2. The third kappa shape index (κ3) is 8.97. The highest BCUT2D eigenvalue weighted by Crippen LogP contribution is 2.54. The molecule has 0 radical (unpaired) electrons. The van der Waals surface area contributed by atoms with Crippen molar-refractivity contribution in [1.82, 2.24) is 0 Å². The molecule has 0 fully saturated rings. The van der Waals surface area contributed by atoms with Crippen molar-refractivity contribution >= 4 is 39.0 Å². The SMILES string of the molecule is C=C/C=C/CCCOc1cc2c(cc1C)oc1cc(-c3ccc4c(c3)Oc3cc(-c5ccc6c(c5)C(C)(C)c5cc(C)ccc5-6)ccc3N4c3ccc(CCCC)cc3)c(OCCC/C=C/C=C)cc12. The Morgan fingerprint density at radius 2 is 1.17 bits per heavy atom. The van der Waals surface area contributed by atoms with Crippen LogP contribution in [0.4, 0.5) is 17.1 Å². The van der Waals surface area contributed by atoms with Crippen molar-refractivity contribution in [2.24, 2.45) is 0 Å². The van der Waals surface area contributed by atoms with E-state index in [0.717, 1.165) is 116 Å². The second-order valence-electron chi connectivity index (χ2n) is 19.4. The fraction of sp³-hybridized carbons (Fsp3) is 0.231. The van der Waals surface area contributed by atoms with Crippen molar-refractivity contribution in [3.05, 3.63) is 199 Å². The number of furan rings is 1. The van der Waals surface area contributed by atoms with Gasteiger partial charge in [0.15, 0.2) is 11.5 Å². The highest BCUT2D eigenvalue weighted by molar-refractivity contribution is 6.08. The zero-order valence-corrected chi connectivity index (χ0v) is 41.4. The van der Waals surface area contributed by atoms with Gasteiger partial charge < -0.3 is 23.5 Å². The van der Waals surface area contributed by atoms with Crippen molar-refractivity contribution in [1.29, 1.82) is 0 Å². The van der Waals surface area contributed by atoms with Gasteiger partial charge in [-0.25, -0.2) is 0 Å². The summed E-state index contributed by atoms with van der Waals surface area (Å²) in [6.07, 6.45) is 18.8. The lowest BCUT2D eigenvalue weighted by Gasteiger charge is -2.33. The molecule has 0 unspecified atom stereocenters. The molecule has 5 heteroatoms. The van der Waals surface area contributed by atoms with Crippen molar-refractivity contribution in [3.63, 3.8) is 0 Å². The first-order valence-corrected chi connectivity index (χ1v) is 25.1. The molecule has 0 saturated carbocycles. The van der Waals surface area contributed by atoms with Crippen LogP contribution in [0.3, 0.4) is 0 Å². The molecule has 1 aromatic heterocycles. The molecule has 1 aliphatic carbocycles. The smallest absolute Gasteiger partial charge is 0.152 e. The van der Waals surface area contributed by atoms with Crippen LogP contribution in [-0.4, -0.2) is 13.2 Å². The van der Waals surface area contributed by atoms with Gasteiger partial charge >= 0.3 is 0 Å². The molecule has 70 heavy (non-hydrogen) atoms.